The minimum Gasteiger partial charge on any atom is -0.490 e. The Kier molecular flexibility index (Phi) is 5.75. The van der Waals surface area contributed by atoms with Crippen molar-refractivity contribution in [2.45, 2.75) is 63.6 Å². The second kappa shape index (κ2) is 8.20. The fourth-order valence-electron chi connectivity index (χ4n) is 4.06. The molecule has 2 aliphatic rings. The number of carbonyl (C=O) groups is 1. The molecule has 2 fully saturated rings. The third-order valence-electron chi connectivity index (χ3n) is 5.41. The molecule has 0 heterocycles. The van der Waals surface area contributed by atoms with Gasteiger partial charge in [-0.1, -0.05) is 24.8 Å². The molecule has 0 spiro atoms. The van der Waals surface area contributed by atoms with Crippen molar-refractivity contribution in [2.75, 3.05) is 0 Å². The third-order valence-corrected chi connectivity index (χ3v) is 5.41. The molecule has 2 saturated carbocycles. The molecule has 2 atom stereocenters. The first-order chi connectivity index (χ1) is 12.2. The first kappa shape index (κ1) is 17.5. The number of ether oxygens (including phenoxy) is 1. The van der Waals surface area contributed by atoms with Gasteiger partial charge in [0.05, 0.1) is 18.1 Å². The molecule has 25 heavy (non-hydrogen) atoms. The van der Waals surface area contributed by atoms with Crippen LogP contribution in [0.5, 0.6) is 5.75 Å². The molecule has 3 rings (SSSR count). The average molecular weight is 338 g/mol. The molecular formula is C21H26N2O2. The summed E-state index contributed by atoms with van der Waals surface area (Å²) >= 11 is 0. The van der Waals surface area contributed by atoms with E-state index >= 15 is 0 Å². The van der Waals surface area contributed by atoms with Gasteiger partial charge in [0.15, 0.2) is 0 Å². The Balaban J connectivity index is 1.81. The number of rotatable bonds is 6. The Morgan fingerprint density at radius 3 is 2.72 bits per heavy atom. The molecule has 1 aromatic carbocycles. The van der Waals surface area contributed by atoms with E-state index in [9.17, 15) is 10.1 Å². The predicted octanol–water partition coefficient (Wildman–Crippen LogP) is 4.21. The van der Waals surface area contributed by atoms with Gasteiger partial charge in [0.1, 0.15) is 5.75 Å². The van der Waals surface area contributed by atoms with E-state index in [4.69, 9.17) is 4.74 Å². The Hall–Kier alpha value is -2.28. The van der Waals surface area contributed by atoms with Gasteiger partial charge in [-0.05, 0) is 57.1 Å². The fourth-order valence-corrected chi connectivity index (χ4v) is 4.06. The van der Waals surface area contributed by atoms with Gasteiger partial charge in [0.2, 0.25) is 5.91 Å². The molecule has 1 amide bonds. The maximum absolute atomic E-state index is 12.5. The van der Waals surface area contributed by atoms with Crippen molar-refractivity contribution in [2.24, 2.45) is 5.92 Å². The lowest BCUT2D eigenvalue weighted by atomic mass is 10.0. The largest absolute Gasteiger partial charge is 0.490 e. The second-order valence-corrected chi connectivity index (χ2v) is 7.04. The van der Waals surface area contributed by atoms with Crippen LogP contribution in [0.1, 0.15) is 50.5 Å². The highest BCUT2D eigenvalue weighted by Crippen LogP contribution is 2.33. The number of benzene rings is 1. The van der Waals surface area contributed by atoms with E-state index in [1.54, 1.807) is 0 Å². The minimum absolute atomic E-state index is 0.0324. The van der Waals surface area contributed by atoms with Gasteiger partial charge < -0.3 is 9.64 Å². The Morgan fingerprint density at radius 1 is 1.24 bits per heavy atom. The van der Waals surface area contributed by atoms with Gasteiger partial charge in [-0.3, -0.25) is 4.79 Å². The lowest BCUT2D eigenvalue weighted by Gasteiger charge is -2.31. The van der Waals surface area contributed by atoms with Gasteiger partial charge in [-0.25, -0.2) is 0 Å². The van der Waals surface area contributed by atoms with Gasteiger partial charge in [-0.2, -0.15) is 5.26 Å². The summed E-state index contributed by atoms with van der Waals surface area (Å²) in [5.74, 6) is 0.664. The van der Waals surface area contributed by atoms with Crippen LogP contribution in [0.15, 0.2) is 36.9 Å². The molecular weight excluding hydrogens is 312 g/mol. The zero-order valence-electron chi connectivity index (χ0n) is 14.7. The molecule has 0 saturated heterocycles. The van der Waals surface area contributed by atoms with Crippen molar-refractivity contribution in [3.63, 3.8) is 0 Å². The molecule has 4 heteroatoms. The number of amides is 1. The smallest absolute Gasteiger partial charge is 0.246 e. The second-order valence-electron chi connectivity index (χ2n) is 7.04. The van der Waals surface area contributed by atoms with Crippen LogP contribution >= 0.6 is 0 Å². The lowest BCUT2D eigenvalue weighted by molar-refractivity contribution is -0.129. The van der Waals surface area contributed by atoms with E-state index in [0.29, 0.717) is 6.54 Å². The van der Waals surface area contributed by atoms with Crippen LogP contribution in [0, 0.1) is 17.2 Å². The first-order valence-electron chi connectivity index (χ1n) is 9.30. The molecule has 0 aliphatic heterocycles. The summed E-state index contributed by atoms with van der Waals surface area (Å²) < 4.78 is 6.21. The van der Waals surface area contributed by atoms with Gasteiger partial charge in [-0.15, -0.1) is 0 Å². The number of hydrogen-bond acceptors (Lipinski definition) is 3. The summed E-state index contributed by atoms with van der Waals surface area (Å²) in [4.78, 5) is 14.3. The maximum atomic E-state index is 12.5. The highest BCUT2D eigenvalue weighted by molar-refractivity contribution is 5.87. The van der Waals surface area contributed by atoms with Crippen LogP contribution in [0.4, 0.5) is 0 Å². The van der Waals surface area contributed by atoms with Gasteiger partial charge in [0.25, 0.3) is 0 Å². The quantitative estimate of drug-likeness (QED) is 0.730. The number of hydrogen-bond donors (Lipinski definition) is 0. The summed E-state index contributed by atoms with van der Waals surface area (Å²) in [6.45, 7) is 4.11. The van der Waals surface area contributed by atoms with Crippen LogP contribution in [0.2, 0.25) is 0 Å². The summed E-state index contributed by atoms with van der Waals surface area (Å²) in [5.41, 5.74) is 1.01. The number of carbonyl (C=O) groups excluding carboxylic acids is 1. The first-order valence-corrected chi connectivity index (χ1v) is 9.30. The van der Waals surface area contributed by atoms with Crippen molar-refractivity contribution in [1.82, 2.24) is 4.90 Å². The zero-order valence-corrected chi connectivity index (χ0v) is 14.7. The predicted molar refractivity (Wildman–Crippen MR) is 96.8 cm³/mol. The molecule has 132 valence electrons. The lowest BCUT2D eigenvalue weighted by Crippen LogP contribution is -2.40. The molecule has 4 nitrogen and oxygen atoms in total. The fraction of sp³-hybridized carbons (Fsp3) is 0.524. The van der Waals surface area contributed by atoms with Crippen LogP contribution in [-0.2, 0) is 11.3 Å². The van der Waals surface area contributed by atoms with Crippen molar-refractivity contribution in [3.05, 3.63) is 42.5 Å². The summed E-state index contributed by atoms with van der Waals surface area (Å²) in [6, 6.07) is 10.3. The van der Waals surface area contributed by atoms with E-state index in [0.717, 1.165) is 43.4 Å². The molecule has 0 radical (unpaired) electrons. The normalized spacial score (nSPS) is 23.2. The SMILES string of the molecule is C=CC(=O)N(Cc1ccccc1OC1CCCC1)C1CCCC1C#N. The molecule has 2 unspecified atom stereocenters. The number of nitriles is 1. The van der Waals surface area contributed by atoms with E-state index < -0.39 is 0 Å². The van der Waals surface area contributed by atoms with Crippen molar-refractivity contribution in [3.8, 4) is 11.8 Å². The van der Waals surface area contributed by atoms with E-state index in [-0.39, 0.29) is 24.0 Å². The van der Waals surface area contributed by atoms with Crippen molar-refractivity contribution < 1.29 is 9.53 Å². The van der Waals surface area contributed by atoms with Crippen LogP contribution in [0.25, 0.3) is 0 Å². The van der Waals surface area contributed by atoms with E-state index in [2.05, 4.69) is 12.6 Å². The highest BCUT2D eigenvalue weighted by Gasteiger charge is 2.34. The topological polar surface area (TPSA) is 53.3 Å². The molecule has 1 aromatic rings. The van der Waals surface area contributed by atoms with Crippen LogP contribution < -0.4 is 4.74 Å². The monoisotopic (exact) mass is 338 g/mol. The highest BCUT2D eigenvalue weighted by atomic mass is 16.5. The zero-order chi connectivity index (χ0) is 17.6. The van der Waals surface area contributed by atoms with Crippen LogP contribution in [0.3, 0.4) is 0 Å². The number of para-hydroxylation sites is 1. The molecule has 0 bridgehead atoms. The van der Waals surface area contributed by atoms with Crippen molar-refractivity contribution >= 4 is 5.91 Å². The van der Waals surface area contributed by atoms with E-state index in [1.165, 1.54) is 18.9 Å². The van der Waals surface area contributed by atoms with Crippen LogP contribution in [-0.4, -0.2) is 23.0 Å². The van der Waals surface area contributed by atoms with E-state index in [1.807, 2.05) is 29.2 Å². The summed E-state index contributed by atoms with van der Waals surface area (Å²) in [5, 5.41) is 9.41. The molecule has 0 N–H and O–H groups in total. The molecule has 0 aromatic heterocycles. The summed E-state index contributed by atoms with van der Waals surface area (Å²) in [6.07, 6.45) is 9.01. The summed E-state index contributed by atoms with van der Waals surface area (Å²) in [7, 11) is 0. The Labute approximate surface area is 150 Å². The standard InChI is InChI=1S/C21H26N2O2/c1-2-21(24)23(19-12-7-9-16(19)14-22)15-17-8-3-6-13-20(17)25-18-10-4-5-11-18/h2-3,6,8,13,16,18-19H,1,4-5,7,9-12,15H2. The minimum atomic E-state index is -0.109. The molecule has 2 aliphatic carbocycles. The maximum Gasteiger partial charge on any atom is 0.246 e. The van der Waals surface area contributed by atoms with Crippen molar-refractivity contribution in [1.29, 1.82) is 5.26 Å². The van der Waals surface area contributed by atoms with Gasteiger partial charge >= 0.3 is 0 Å². The Bertz CT molecular complexity index is 658. The number of nitrogens with zero attached hydrogens (tertiary/aromatic N) is 2. The average Bonchev–Trinajstić information content (AvgIpc) is 3.31. The Morgan fingerprint density at radius 2 is 2.00 bits per heavy atom. The third kappa shape index (κ3) is 4.04. The van der Waals surface area contributed by atoms with Gasteiger partial charge in [0, 0.05) is 18.2 Å².